The Morgan fingerprint density at radius 1 is 0.917 bits per heavy atom. The molecule has 7 rings (SSSR count). The predicted molar refractivity (Wildman–Crippen MR) is 189 cm³/mol. The van der Waals surface area contributed by atoms with Crippen LogP contribution >= 0.6 is 0 Å². The van der Waals surface area contributed by atoms with Crippen molar-refractivity contribution in [1.29, 1.82) is 0 Å². The largest absolute Gasteiger partial charge is 0.338 e. The van der Waals surface area contributed by atoms with E-state index in [1.807, 2.05) is 38.1 Å². The standard InChI is InChI=1S/C39H43N7O2/c1-25-36(26(2)44-43-25)30-13-16-32(17-14-30)41-39(48)37(42-38(47)35-19-20-40-45(35)3)33-18-15-29-11-12-31(23-34(29)33)28-9-7-27(8-10-28)24-46-21-5-4-6-22-46/h7-14,16-17,19-20,23,33,37H,4-6,15,18,21-22,24H2,1-3H3,(H,41,48)(H,42,47)(H,43,44)/t33-,37+/m1/s1. The fourth-order valence-electron chi connectivity index (χ4n) is 7.42. The first-order chi connectivity index (χ1) is 23.3. The molecule has 2 amide bonds. The highest BCUT2D eigenvalue weighted by Crippen LogP contribution is 2.39. The van der Waals surface area contributed by atoms with Gasteiger partial charge in [0.25, 0.3) is 5.91 Å². The Morgan fingerprint density at radius 3 is 2.33 bits per heavy atom. The zero-order valence-electron chi connectivity index (χ0n) is 27.9. The third kappa shape index (κ3) is 6.55. The Kier molecular flexibility index (Phi) is 8.95. The maximum absolute atomic E-state index is 14.1. The van der Waals surface area contributed by atoms with Crippen LogP contribution < -0.4 is 10.6 Å². The van der Waals surface area contributed by atoms with E-state index in [1.165, 1.54) is 48.2 Å². The minimum atomic E-state index is -0.783. The molecule has 1 fully saturated rings. The summed E-state index contributed by atoms with van der Waals surface area (Å²) in [6.45, 7) is 7.31. The monoisotopic (exact) mass is 641 g/mol. The number of carbonyl (C=O) groups is 2. The maximum atomic E-state index is 14.1. The molecule has 3 aromatic carbocycles. The maximum Gasteiger partial charge on any atom is 0.270 e. The lowest BCUT2D eigenvalue weighted by atomic mass is 9.90. The predicted octanol–water partition coefficient (Wildman–Crippen LogP) is 6.55. The lowest BCUT2D eigenvalue weighted by Crippen LogP contribution is -2.47. The smallest absolute Gasteiger partial charge is 0.270 e. The summed E-state index contributed by atoms with van der Waals surface area (Å²) in [5, 5.41) is 17.7. The second-order valence-corrected chi connectivity index (χ2v) is 13.3. The van der Waals surface area contributed by atoms with E-state index in [0.29, 0.717) is 11.4 Å². The Labute approximate surface area is 281 Å². The quantitative estimate of drug-likeness (QED) is 0.169. The summed E-state index contributed by atoms with van der Waals surface area (Å²) in [5.74, 6) is -0.768. The topological polar surface area (TPSA) is 108 Å². The van der Waals surface area contributed by atoms with Gasteiger partial charge >= 0.3 is 0 Å². The van der Waals surface area contributed by atoms with Gasteiger partial charge in [0.2, 0.25) is 5.91 Å². The minimum Gasteiger partial charge on any atom is -0.338 e. The number of carbonyl (C=O) groups excluding carboxylic acids is 2. The molecule has 0 saturated carbocycles. The molecule has 0 bridgehead atoms. The van der Waals surface area contributed by atoms with E-state index in [-0.39, 0.29) is 17.7 Å². The molecule has 1 saturated heterocycles. The highest BCUT2D eigenvalue weighted by Gasteiger charge is 2.36. The van der Waals surface area contributed by atoms with E-state index in [0.717, 1.165) is 58.6 Å². The number of hydrogen-bond donors (Lipinski definition) is 3. The number of aryl methyl sites for hydroxylation is 4. The van der Waals surface area contributed by atoms with Gasteiger partial charge in [0.05, 0.1) is 5.69 Å². The second kappa shape index (κ2) is 13.6. The molecule has 0 unspecified atom stereocenters. The molecule has 246 valence electrons. The van der Waals surface area contributed by atoms with Gasteiger partial charge in [-0.25, -0.2) is 0 Å². The van der Waals surface area contributed by atoms with Gasteiger partial charge in [0.1, 0.15) is 11.7 Å². The molecule has 5 aromatic rings. The lowest BCUT2D eigenvalue weighted by molar-refractivity contribution is -0.118. The van der Waals surface area contributed by atoms with Gasteiger partial charge < -0.3 is 10.6 Å². The number of aromatic amines is 1. The van der Waals surface area contributed by atoms with Gasteiger partial charge in [0, 0.05) is 42.7 Å². The van der Waals surface area contributed by atoms with Crippen molar-refractivity contribution in [3.63, 3.8) is 0 Å². The molecule has 2 aromatic heterocycles. The van der Waals surface area contributed by atoms with E-state index in [9.17, 15) is 9.59 Å². The van der Waals surface area contributed by atoms with Gasteiger partial charge in [-0.3, -0.25) is 24.3 Å². The number of anilines is 1. The summed E-state index contributed by atoms with van der Waals surface area (Å²) >= 11 is 0. The van der Waals surface area contributed by atoms with Crippen molar-refractivity contribution in [1.82, 2.24) is 30.2 Å². The molecule has 1 aliphatic carbocycles. The number of nitrogens with one attached hydrogen (secondary N) is 3. The first-order valence-electron chi connectivity index (χ1n) is 17.0. The number of aromatic nitrogens is 4. The SMILES string of the molecule is Cc1n[nH]c(C)c1-c1ccc(NC(=O)[C@@H](NC(=O)c2ccnn2C)[C@@H]2CCc3ccc(-c4ccc(CN5CCCCC5)cc4)cc32)cc1. The van der Waals surface area contributed by atoms with E-state index in [1.54, 1.807) is 19.3 Å². The van der Waals surface area contributed by atoms with E-state index in [2.05, 4.69) is 73.3 Å². The average Bonchev–Trinajstić information content (AvgIpc) is 3.82. The average molecular weight is 642 g/mol. The number of amides is 2. The molecule has 2 atom stereocenters. The van der Waals surface area contributed by atoms with Gasteiger partial charge in [0.15, 0.2) is 0 Å². The van der Waals surface area contributed by atoms with Crippen LogP contribution in [0.15, 0.2) is 79.0 Å². The van der Waals surface area contributed by atoms with Crippen LogP contribution in [-0.2, 0) is 24.8 Å². The van der Waals surface area contributed by atoms with Gasteiger partial charge in [-0.15, -0.1) is 0 Å². The van der Waals surface area contributed by atoms with Crippen LogP contribution in [0.4, 0.5) is 5.69 Å². The number of rotatable bonds is 9. The molecular weight excluding hydrogens is 598 g/mol. The fraction of sp³-hybridized carbons (Fsp3) is 0.333. The van der Waals surface area contributed by atoms with Crippen molar-refractivity contribution < 1.29 is 9.59 Å². The van der Waals surface area contributed by atoms with Gasteiger partial charge in [-0.2, -0.15) is 10.2 Å². The Bertz CT molecular complexity index is 1900. The van der Waals surface area contributed by atoms with Crippen LogP contribution in [0.25, 0.3) is 22.3 Å². The lowest BCUT2D eigenvalue weighted by Gasteiger charge is -2.26. The normalized spacial score (nSPS) is 16.8. The number of benzene rings is 3. The van der Waals surface area contributed by atoms with Crippen molar-refractivity contribution in [3.05, 3.63) is 113 Å². The minimum absolute atomic E-state index is 0.189. The van der Waals surface area contributed by atoms with E-state index in [4.69, 9.17) is 0 Å². The number of likely N-dealkylation sites (tertiary alicyclic amines) is 1. The molecule has 1 aliphatic heterocycles. The van der Waals surface area contributed by atoms with E-state index < -0.39 is 6.04 Å². The van der Waals surface area contributed by atoms with Crippen molar-refractivity contribution in [2.24, 2.45) is 7.05 Å². The van der Waals surface area contributed by atoms with Gasteiger partial charge in [-0.05, 0) is 104 Å². The molecule has 0 spiro atoms. The number of piperidine rings is 1. The zero-order chi connectivity index (χ0) is 33.2. The van der Waals surface area contributed by atoms with Crippen LogP contribution in [-0.4, -0.2) is 55.8 Å². The zero-order valence-corrected chi connectivity index (χ0v) is 27.9. The molecule has 2 aliphatic rings. The van der Waals surface area contributed by atoms with Crippen LogP contribution in [0, 0.1) is 13.8 Å². The Hall–Kier alpha value is -5.02. The summed E-state index contributed by atoms with van der Waals surface area (Å²) in [5.41, 5.74) is 11.0. The van der Waals surface area contributed by atoms with Crippen molar-refractivity contribution in [2.45, 2.75) is 64.5 Å². The number of nitrogens with zero attached hydrogens (tertiary/aromatic N) is 4. The molecule has 9 nitrogen and oxygen atoms in total. The first kappa shape index (κ1) is 31.6. The van der Waals surface area contributed by atoms with Gasteiger partial charge in [-0.1, -0.05) is 61.0 Å². The molecular formula is C39H43N7O2. The number of hydrogen-bond acceptors (Lipinski definition) is 5. The van der Waals surface area contributed by atoms with Crippen LogP contribution in [0.5, 0.6) is 0 Å². The Balaban J connectivity index is 1.14. The fourth-order valence-corrected chi connectivity index (χ4v) is 7.42. The molecule has 0 radical (unpaired) electrons. The van der Waals surface area contributed by atoms with Crippen molar-refractivity contribution >= 4 is 17.5 Å². The molecule has 48 heavy (non-hydrogen) atoms. The summed E-state index contributed by atoms with van der Waals surface area (Å²) in [6, 6.07) is 24.1. The summed E-state index contributed by atoms with van der Waals surface area (Å²) in [6.07, 6.45) is 7.10. The second-order valence-electron chi connectivity index (χ2n) is 13.3. The highest BCUT2D eigenvalue weighted by molar-refractivity contribution is 6.01. The third-order valence-electron chi connectivity index (χ3n) is 10.0. The van der Waals surface area contributed by atoms with Crippen LogP contribution in [0.3, 0.4) is 0 Å². The first-order valence-corrected chi connectivity index (χ1v) is 17.0. The molecule has 9 heteroatoms. The third-order valence-corrected chi connectivity index (χ3v) is 10.0. The number of H-pyrrole nitrogens is 1. The summed E-state index contributed by atoms with van der Waals surface area (Å²) in [7, 11) is 1.73. The van der Waals surface area contributed by atoms with Crippen LogP contribution in [0.2, 0.25) is 0 Å². The number of fused-ring (bicyclic) bond motifs is 1. The van der Waals surface area contributed by atoms with Crippen molar-refractivity contribution in [2.75, 3.05) is 18.4 Å². The molecule has 3 N–H and O–H groups in total. The Morgan fingerprint density at radius 2 is 1.65 bits per heavy atom. The molecule has 3 heterocycles. The summed E-state index contributed by atoms with van der Waals surface area (Å²) in [4.78, 5) is 30.2. The van der Waals surface area contributed by atoms with Crippen LogP contribution in [0.1, 0.15) is 70.2 Å². The van der Waals surface area contributed by atoms with Crippen molar-refractivity contribution in [3.8, 4) is 22.3 Å². The van der Waals surface area contributed by atoms with E-state index >= 15 is 0 Å². The summed E-state index contributed by atoms with van der Waals surface area (Å²) < 4.78 is 1.53. The highest BCUT2D eigenvalue weighted by atomic mass is 16.2.